The van der Waals surface area contributed by atoms with Gasteiger partial charge in [0, 0.05) is 23.1 Å². The molecule has 0 unspecified atom stereocenters. The molecule has 1 aliphatic heterocycles. The van der Waals surface area contributed by atoms with Gasteiger partial charge >= 0.3 is 0 Å². The lowest BCUT2D eigenvalue weighted by Gasteiger charge is -2.34. The Kier molecular flexibility index (Phi) is 5.79. The van der Waals surface area contributed by atoms with E-state index in [1.54, 1.807) is 18.2 Å². The lowest BCUT2D eigenvalue weighted by Crippen LogP contribution is -2.42. The largest absolute Gasteiger partial charge is 0.486 e. The Morgan fingerprint density at radius 3 is 2.50 bits per heavy atom. The van der Waals surface area contributed by atoms with Crippen LogP contribution in [0.1, 0.15) is 48.0 Å². The first kappa shape index (κ1) is 20.9. The van der Waals surface area contributed by atoms with E-state index in [1.165, 1.54) is 6.42 Å². The number of hydrogen-bond acceptors (Lipinski definition) is 4. The first-order valence-corrected chi connectivity index (χ1v) is 11.5. The maximum atomic E-state index is 13.5. The number of benzene rings is 2. The summed E-state index contributed by atoms with van der Waals surface area (Å²) in [5.41, 5.74) is 1.49. The fourth-order valence-electron chi connectivity index (χ4n) is 4.64. The van der Waals surface area contributed by atoms with E-state index in [4.69, 9.17) is 21.1 Å². The Bertz CT molecular complexity index is 1220. The summed E-state index contributed by atoms with van der Waals surface area (Å²) >= 11 is 6.34. The Balaban J connectivity index is 1.52. The van der Waals surface area contributed by atoms with Gasteiger partial charge in [-0.05, 0) is 37.1 Å². The number of nitrogens with one attached hydrogen (secondary N) is 1. The van der Waals surface area contributed by atoms with Gasteiger partial charge in [-0.2, -0.15) is 0 Å². The number of hydrogen-bond donors (Lipinski definition) is 1. The number of ether oxygens (including phenoxy) is 2. The molecule has 2 aromatic carbocycles. The maximum Gasteiger partial charge on any atom is 0.255 e. The summed E-state index contributed by atoms with van der Waals surface area (Å²) in [6, 6.07) is 12.7. The first-order valence-electron chi connectivity index (χ1n) is 11.1. The highest BCUT2D eigenvalue weighted by Gasteiger charge is 2.28. The van der Waals surface area contributed by atoms with E-state index in [0.29, 0.717) is 46.4 Å². The SMILES string of the molecule is O=C(c1ccccc1Cl)N(Cc1cc2cc3c(cc2[nH]c1=O)OCCO3)C1CCCCC1. The summed E-state index contributed by atoms with van der Waals surface area (Å²) < 4.78 is 11.3. The minimum absolute atomic E-state index is 0.0860. The molecule has 3 aromatic rings. The number of carbonyl (C=O) groups excluding carboxylic acids is 1. The molecule has 2 heterocycles. The highest BCUT2D eigenvalue weighted by atomic mass is 35.5. The van der Waals surface area contributed by atoms with Gasteiger partial charge in [-0.15, -0.1) is 0 Å². The molecule has 0 spiro atoms. The van der Waals surface area contributed by atoms with Gasteiger partial charge in [0.05, 0.1) is 22.6 Å². The summed E-state index contributed by atoms with van der Waals surface area (Å²) in [5, 5.41) is 1.27. The van der Waals surface area contributed by atoms with Crippen LogP contribution >= 0.6 is 11.6 Å². The standard InChI is InChI=1S/C25H25ClN2O4/c26-20-9-5-4-8-19(20)25(30)28(18-6-2-1-3-7-18)15-17-12-16-13-22-23(32-11-10-31-22)14-21(16)27-24(17)29/h4-5,8-9,12-14,18H,1-3,6-7,10-11,15H2,(H,27,29). The number of pyridine rings is 1. The van der Waals surface area contributed by atoms with E-state index < -0.39 is 0 Å². The lowest BCUT2D eigenvalue weighted by atomic mass is 9.93. The van der Waals surface area contributed by atoms with Gasteiger partial charge in [-0.1, -0.05) is 43.0 Å². The van der Waals surface area contributed by atoms with Crippen molar-refractivity contribution < 1.29 is 14.3 Å². The number of amides is 1. The number of fused-ring (bicyclic) bond motifs is 2. The van der Waals surface area contributed by atoms with Crippen molar-refractivity contribution in [3.8, 4) is 11.5 Å². The highest BCUT2D eigenvalue weighted by molar-refractivity contribution is 6.33. The molecule has 0 saturated heterocycles. The topological polar surface area (TPSA) is 71.6 Å². The van der Waals surface area contributed by atoms with Crippen LogP contribution < -0.4 is 15.0 Å². The van der Waals surface area contributed by atoms with Gasteiger partial charge in [0.15, 0.2) is 11.5 Å². The van der Waals surface area contributed by atoms with Crippen molar-refractivity contribution in [2.75, 3.05) is 13.2 Å². The molecule has 1 N–H and O–H groups in total. The Labute approximate surface area is 191 Å². The molecule has 1 aromatic heterocycles. The fourth-order valence-corrected chi connectivity index (χ4v) is 4.85. The van der Waals surface area contributed by atoms with Gasteiger partial charge in [-0.3, -0.25) is 9.59 Å². The van der Waals surface area contributed by atoms with Crippen LogP contribution in [0.5, 0.6) is 11.5 Å². The van der Waals surface area contributed by atoms with Crippen LogP contribution in [0.25, 0.3) is 10.9 Å². The average molecular weight is 453 g/mol. The van der Waals surface area contributed by atoms with Crippen LogP contribution in [0, 0.1) is 0 Å². The third-order valence-electron chi connectivity index (χ3n) is 6.31. The second-order valence-corrected chi connectivity index (χ2v) is 8.82. The minimum Gasteiger partial charge on any atom is -0.486 e. The van der Waals surface area contributed by atoms with Crippen LogP contribution in [0.4, 0.5) is 0 Å². The van der Waals surface area contributed by atoms with Crippen molar-refractivity contribution in [1.82, 2.24) is 9.88 Å². The number of carbonyl (C=O) groups is 1. The van der Waals surface area contributed by atoms with Gasteiger partial charge in [0.1, 0.15) is 13.2 Å². The molecule has 1 saturated carbocycles. The second-order valence-electron chi connectivity index (χ2n) is 8.41. The quantitative estimate of drug-likeness (QED) is 0.609. The zero-order valence-corrected chi connectivity index (χ0v) is 18.5. The van der Waals surface area contributed by atoms with Crippen molar-refractivity contribution in [2.24, 2.45) is 0 Å². The molecule has 0 atom stereocenters. The van der Waals surface area contributed by atoms with Crippen molar-refractivity contribution >= 4 is 28.4 Å². The summed E-state index contributed by atoms with van der Waals surface area (Å²) in [6.45, 7) is 1.21. The Hall–Kier alpha value is -2.99. The van der Waals surface area contributed by atoms with Gasteiger partial charge in [-0.25, -0.2) is 0 Å². The number of rotatable bonds is 4. The molecule has 0 radical (unpaired) electrons. The van der Waals surface area contributed by atoms with Crippen LogP contribution in [-0.2, 0) is 6.54 Å². The van der Waals surface area contributed by atoms with Crippen molar-refractivity contribution in [3.63, 3.8) is 0 Å². The predicted molar refractivity (Wildman–Crippen MR) is 124 cm³/mol. The molecule has 2 aliphatic rings. The number of halogens is 1. The maximum absolute atomic E-state index is 13.5. The van der Waals surface area contributed by atoms with E-state index in [-0.39, 0.29) is 24.1 Å². The van der Waals surface area contributed by atoms with E-state index in [1.807, 2.05) is 29.2 Å². The molecule has 166 valence electrons. The zero-order chi connectivity index (χ0) is 22.1. The molecule has 32 heavy (non-hydrogen) atoms. The molecule has 1 aliphatic carbocycles. The number of aromatic nitrogens is 1. The molecule has 5 rings (SSSR count). The third-order valence-corrected chi connectivity index (χ3v) is 6.63. The smallest absolute Gasteiger partial charge is 0.255 e. The monoisotopic (exact) mass is 452 g/mol. The molecule has 1 amide bonds. The van der Waals surface area contributed by atoms with E-state index in [2.05, 4.69) is 4.98 Å². The number of H-pyrrole nitrogens is 1. The summed E-state index contributed by atoms with van der Waals surface area (Å²) in [4.78, 5) is 31.3. The van der Waals surface area contributed by atoms with Crippen molar-refractivity contribution in [2.45, 2.75) is 44.7 Å². The molecule has 6 nitrogen and oxygen atoms in total. The summed E-state index contributed by atoms with van der Waals surface area (Å²) in [7, 11) is 0. The van der Waals surface area contributed by atoms with Gasteiger partial charge in [0.25, 0.3) is 11.5 Å². The van der Waals surface area contributed by atoms with Crippen molar-refractivity contribution in [1.29, 1.82) is 0 Å². The van der Waals surface area contributed by atoms with Crippen LogP contribution in [0.3, 0.4) is 0 Å². The lowest BCUT2D eigenvalue weighted by molar-refractivity contribution is 0.0613. The van der Waals surface area contributed by atoms with E-state index >= 15 is 0 Å². The second kappa shape index (κ2) is 8.87. The molecule has 1 fully saturated rings. The van der Waals surface area contributed by atoms with E-state index in [0.717, 1.165) is 31.1 Å². The van der Waals surface area contributed by atoms with Crippen LogP contribution in [0.2, 0.25) is 5.02 Å². The average Bonchev–Trinajstić information content (AvgIpc) is 2.82. The third kappa shape index (κ3) is 4.07. The molecular weight excluding hydrogens is 428 g/mol. The Morgan fingerprint density at radius 2 is 1.75 bits per heavy atom. The summed E-state index contributed by atoms with van der Waals surface area (Å²) in [5.74, 6) is 1.16. The predicted octanol–water partition coefficient (Wildman–Crippen LogP) is 4.93. The van der Waals surface area contributed by atoms with Gasteiger partial charge < -0.3 is 19.4 Å². The Morgan fingerprint density at radius 1 is 1.03 bits per heavy atom. The number of nitrogens with zero attached hydrogens (tertiary/aromatic N) is 1. The zero-order valence-electron chi connectivity index (χ0n) is 17.7. The molecule has 7 heteroatoms. The number of aromatic amines is 1. The highest BCUT2D eigenvalue weighted by Crippen LogP contribution is 2.34. The molecule has 0 bridgehead atoms. The first-order chi connectivity index (χ1) is 15.6. The minimum atomic E-state index is -0.207. The van der Waals surface area contributed by atoms with Crippen LogP contribution in [0.15, 0.2) is 47.3 Å². The summed E-state index contributed by atoms with van der Waals surface area (Å²) in [6.07, 6.45) is 5.19. The van der Waals surface area contributed by atoms with Crippen molar-refractivity contribution in [3.05, 3.63) is 69.0 Å². The molecular formula is C25H25ClN2O4. The van der Waals surface area contributed by atoms with Gasteiger partial charge in [0.2, 0.25) is 0 Å². The normalized spacial score (nSPS) is 16.2. The fraction of sp³-hybridized carbons (Fsp3) is 0.360. The van der Waals surface area contributed by atoms with E-state index in [9.17, 15) is 9.59 Å². The van der Waals surface area contributed by atoms with Crippen LogP contribution in [-0.4, -0.2) is 35.0 Å².